The van der Waals surface area contributed by atoms with Gasteiger partial charge in [-0.2, -0.15) is 0 Å². The summed E-state index contributed by atoms with van der Waals surface area (Å²) in [6, 6.07) is 0. The molecule has 0 atom stereocenters. The molecule has 1 aromatic heterocycles. The maximum atomic E-state index is 11.3. The molecule has 1 aliphatic heterocycles. The molecule has 0 bridgehead atoms. The highest BCUT2D eigenvalue weighted by molar-refractivity contribution is 7.10. The van der Waals surface area contributed by atoms with Gasteiger partial charge in [-0.3, -0.25) is 4.79 Å². The van der Waals surface area contributed by atoms with Crippen molar-refractivity contribution in [3.63, 3.8) is 0 Å². The second-order valence-electron chi connectivity index (χ2n) is 2.85. The number of hydrogen-bond acceptors (Lipinski definition) is 2. The summed E-state index contributed by atoms with van der Waals surface area (Å²) in [6.07, 6.45) is 0. The van der Waals surface area contributed by atoms with Crippen LogP contribution in [0.3, 0.4) is 0 Å². The van der Waals surface area contributed by atoms with E-state index >= 15 is 0 Å². The quantitative estimate of drug-likeness (QED) is 0.575. The zero-order valence-corrected chi connectivity index (χ0v) is 7.36. The molecule has 3 heteroatoms. The smallest absolute Gasteiger partial charge is 0.255 e. The molecule has 0 aromatic carbocycles. The zero-order chi connectivity index (χ0) is 8.01. The maximum absolute atomic E-state index is 11.3. The van der Waals surface area contributed by atoms with Gasteiger partial charge in [0.2, 0.25) is 0 Å². The van der Waals surface area contributed by atoms with E-state index < -0.39 is 0 Å². The molecule has 1 aliphatic rings. The number of carbonyl (C=O) groups excluding carboxylic acids is 1. The summed E-state index contributed by atoms with van der Waals surface area (Å²) in [6.45, 7) is 2.86. The second-order valence-corrected chi connectivity index (χ2v) is 3.93. The van der Waals surface area contributed by atoms with Crippen molar-refractivity contribution in [2.24, 2.45) is 0 Å². The molecule has 0 radical (unpaired) electrons. The van der Waals surface area contributed by atoms with Crippen molar-refractivity contribution in [2.45, 2.75) is 13.5 Å². The molecule has 0 unspecified atom stereocenters. The first-order chi connectivity index (χ1) is 5.20. The van der Waals surface area contributed by atoms with E-state index in [2.05, 4.69) is 6.92 Å². The average Bonchev–Trinajstić information content (AvgIpc) is 2.43. The van der Waals surface area contributed by atoms with Crippen LogP contribution >= 0.6 is 11.3 Å². The highest BCUT2D eigenvalue weighted by atomic mass is 32.1. The van der Waals surface area contributed by atoms with Gasteiger partial charge in [0.15, 0.2) is 0 Å². The lowest BCUT2D eigenvalue weighted by Gasteiger charge is -2.05. The molecule has 0 spiro atoms. The van der Waals surface area contributed by atoms with E-state index in [4.69, 9.17) is 0 Å². The SMILES string of the molecule is Cc1scc2c1CN(C)C2=O. The molecule has 0 fully saturated rings. The van der Waals surface area contributed by atoms with E-state index in [-0.39, 0.29) is 5.91 Å². The Kier molecular flexibility index (Phi) is 1.29. The zero-order valence-electron chi connectivity index (χ0n) is 6.55. The van der Waals surface area contributed by atoms with Gasteiger partial charge in [-0.25, -0.2) is 0 Å². The molecule has 1 aromatic rings. The Hall–Kier alpha value is -0.830. The van der Waals surface area contributed by atoms with Crippen molar-refractivity contribution >= 4 is 17.2 Å². The third-order valence-electron chi connectivity index (χ3n) is 2.08. The van der Waals surface area contributed by atoms with Gasteiger partial charge < -0.3 is 4.90 Å². The van der Waals surface area contributed by atoms with E-state index in [9.17, 15) is 4.79 Å². The number of fused-ring (bicyclic) bond motifs is 1. The van der Waals surface area contributed by atoms with E-state index in [1.165, 1.54) is 10.4 Å². The van der Waals surface area contributed by atoms with Gasteiger partial charge in [-0.15, -0.1) is 11.3 Å². The highest BCUT2D eigenvalue weighted by Crippen LogP contribution is 2.29. The lowest BCUT2D eigenvalue weighted by molar-refractivity contribution is 0.0816. The van der Waals surface area contributed by atoms with Gasteiger partial charge in [0.1, 0.15) is 0 Å². The Morgan fingerprint density at radius 3 is 3.00 bits per heavy atom. The highest BCUT2D eigenvalue weighted by Gasteiger charge is 2.26. The molecule has 2 heterocycles. The monoisotopic (exact) mass is 167 g/mol. The van der Waals surface area contributed by atoms with Gasteiger partial charge in [0.05, 0.1) is 5.56 Å². The lowest BCUT2D eigenvalue weighted by atomic mass is 10.2. The summed E-state index contributed by atoms with van der Waals surface area (Å²) < 4.78 is 0. The van der Waals surface area contributed by atoms with Crippen LogP contribution in [0.15, 0.2) is 5.38 Å². The first-order valence-electron chi connectivity index (χ1n) is 3.52. The minimum absolute atomic E-state index is 0.171. The Morgan fingerprint density at radius 2 is 2.36 bits per heavy atom. The van der Waals surface area contributed by atoms with Crippen molar-refractivity contribution in [1.29, 1.82) is 0 Å². The lowest BCUT2D eigenvalue weighted by Crippen LogP contribution is -2.17. The van der Waals surface area contributed by atoms with Crippen LogP contribution in [0, 0.1) is 6.92 Å². The average molecular weight is 167 g/mol. The van der Waals surface area contributed by atoms with Crippen LogP contribution < -0.4 is 0 Å². The Morgan fingerprint density at radius 1 is 1.64 bits per heavy atom. The number of rotatable bonds is 0. The normalized spacial score (nSPS) is 15.8. The van der Waals surface area contributed by atoms with Crippen LogP contribution in [-0.2, 0) is 6.54 Å². The van der Waals surface area contributed by atoms with Crippen LogP contribution in [0.1, 0.15) is 20.8 Å². The van der Waals surface area contributed by atoms with Crippen molar-refractivity contribution < 1.29 is 4.79 Å². The third-order valence-corrected chi connectivity index (χ3v) is 3.03. The molecule has 0 N–H and O–H groups in total. The Labute approximate surface area is 69.4 Å². The largest absolute Gasteiger partial charge is 0.337 e. The maximum Gasteiger partial charge on any atom is 0.255 e. The minimum atomic E-state index is 0.171. The van der Waals surface area contributed by atoms with Crippen molar-refractivity contribution in [1.82, 2.24) is 4.90 Å². The first kappa shape index (κ1) is 6.85. The molecule has 58 valence electrons. The summed E-state index contributed by atoms with van der Waals surface area (Å²) in [4.78, 5) is 14.4. The fourth-order valence-corrected chi connectivity index (χ4v) is 2.22. The molecule has 1 amide bonds. The fourth-order valence-electron chi connectivity index (χ4n) is 1.37. The van der Waals surface area contributed by atoms with E-state index in [1.807, 2.05) is 12.4 Å². The number of thiophene rings is 1. The Balaban J connectivity index is 2.56. The van der Waals surface area contributed by atoms with E-state index in [1.54, 1.807) is 16.2 Å². The second kappa shape index (κ2) is 2.08. The molecule has 2 nitrogen and oxygen atoms in total. The number of hydrogen-bond donors (Lipinski definition) is 0. The van der Waals surface area contributed by atoms with Crippen molar-refractivity contribution in [2.75, 3.05) is 7.05 Å². The van der Waals surface area contributed by atoms with Crippen molar-refractivity contribution in [3.8, 4) is 0 Å². The predicted octanol–water partition coefficient (Wildman–Crippen LogP) is 1.64. The van der Waals surface area contributed by atoms with Gasteiger partial charge in [-0.1, -0.05) is 0 Å². The van der Waals surface area contributed by atoms with Crippen LogP contribution in [-0.4, -0.2) is 17.9 Å². The summed E-state index contributed by atoms with van der Waals surface area (Å²) in [7, 11) is 1.84. The van der Waals surface area contributed by atoms with Gasteiger partial charge in [-0.05, 0) is 12.5 Å². The van der Waals surface area contributed by atoms with Gasteiger partial charge >= 0.3 is 0 Å². The van der Waals surface area contributed by atoms with Crippen LogP contribution in [0.4, 0.5) is 0 Å². The number of amides is 1. The number of nitrogens with zero attached hydrogens (tertiary/aromatic N) is 1. The third kappa shape index (κ3) is 0.807. The van der Waals surface area contributed by atoms with Crippen molar-refractivity contribution in [3.05, 3.63) is 21.4 Å². The van der Waals surface area contributed by atoms with Crippen LogP contribution in [0.5, 0.6) is 0 Å². The molecule has 0 saturated heterocycles. The topological polar surface area (TPSA) is 20.3 Å². The predicted molar refractivity (Wildman–Crippen MR) is 44.9 cm³/mol. The number of carbonyl (C=O) groups is 1. The standard InChI is InChI=1S/C8H9NOS/c1-5-6-3-9(2)8(10)7(6)4-11-5/h4H,3H2,1-2H3. The van der Waals surface area contributed by atoms with Gasteiger partial charge in [0, 0.05) is 23.8 Å². The first-order valence-corrected chi connectivity index (χ1v) is 4.40. The van der Waals surface area contributed by atoms with E-state index in [0.29, 0.717) is 0 Å². The summed E-state index contributed by atoms with van der Waals surface area (Å²) in [5.74, 6) is 0.171. The Bertz CT molecular complexity index is 316. The fraction of sp³-hybridized carbons (Fsp3) is 0.375. The van der Waals surface area contributed by atoms with Crippen LogP contribution in [0.2, 0.25) is 0 Å². The molecule has 2 rings (SSSR count). The molecular weight excluding hydrogens is 158 g/mol. The summed E-state index contributed by atoms with van der Waals surface area (Å²) in [5.41, 5.74) is 2.14. The summed E-state index contributed by atoms with van der Waals surface area (Å²) in [5, 5.41) is 1.95. The molecule has 0 saturated carbocycles. The number of aryl methyl sites for hydroxylation is 1. The van der Waals surface area contributed by atoms with E-state index in [0.717, 1.165) is 12.1 Å². The molecule has 0 aliphatic carbocycles. The van der Waals surface area contributed by atoms with Crippen LogP contribution in [0.25, 0.3) is 0 Å². The molecular formula is C8H9NOS. The summed E-state index contributed by atoms with van der Waals surface area (Å²) >= 11 is 1.67. The van der Waals surface area contributed by atoms with Gasteiger partial charge in [0.25, 0.3) is 5.91 Å². The molecule has 11 heavy (non-hydrogen) atoms. The minimum Gasteiger partial charge on any atom is -0.337 e.